The highest BCUT2D eigenvalue weighted by molar-refractivity contribution is 5.95. The van der Waals surface area contributed by atoms with E-state index in [1.807, 2.05) is 6.92 Å². The van der Waals surface area contributed by atoms with Gasteiger partial charge in [-0.1, -0.05) is 25.5 Å². The number of hydrogen-bond donors (Lipinski definition) is 2. The molecule has 2 N–H and O–H groups in total. The molecule has 1 heterocycles. The van der Waals surface area contributed by atoms with Crippen LogP contribution in [0.2, 0.25) is 0 Å². The van der Waals surface area contributed by atoms with E-state index in [1.165, 1.54) is 0 Å². The summed E-state index contributed by atoms with van der Waals surface area (Å²) in [6.45, 7) is 1.89. The number of benzene rings is 1. The normalized spacial score (nSPS) is 15.3. The van der Waals surface area contributed by atoms with Gasteiger partial charge in [-0.25, -0.2) is 9.59 Å². The van der Waals surface area contributed by atoms with Gasteiger partial charge in [-0.15, -0.1) is 0 Å². The van der Waals surface area contributed by atoms with Crippen molar-refractivity contribution in [3.05, 3.63) is 24.3 Å². The first kappa shape index (κ1) is 17.6. The second-order valence-corrected chi connectivity index (χ2v) is 5.13. The van der Waals surface area contributed by atoms with Gasteiger partial charge in [0.25, 0.3) is 5.91 Å². The molecule has 0 aliphatic carbocycles. The van der Waals surface area contributed by atoms with Gasteiger partial charge in [-0.2, -0.15) is 0 Å². The number of carbonyl (C=O) groups is 3. The maximum atomic E-state index is 11.9. The maximum Gasteiger partial charge on any atom is 0.351 e. The Morgan fingerprint density at radius 2 is 2.00 bits per heavy atom. The standard InChI is InChI=1S/C16H20N2O6/c1-2-3-8-17-16(21)18-14(19)10-23-15(20)13-9-22-11-6-4-5-7-12(11)24-13/h4-7,13H,2-3,8-10H2,1H3,(H2,17,18,19,21)/t13-/m1/s1. The van der Waals surface area contributed by atoms with Crippen molar-refractivity contribution < 1.29 is 28.6 Å². The first-order valence-electron chi connectivity index (χ1n) is 7.73. The fourth-order valence-electron chi connectivity index (χ4n) is 1.95. The smallest absolute Gasteiger partial charge is 0.351 e. The summed E-state index contributed by atoms with van der Waals surface area (Å²) in [5.41, 5.74) is 0. The molecule has 3 amide bonds. The van der Waals surface area contributed by atoms with Gasteiger partial charge in [0.15, 0.2) is 18.1 Å². The van der Waals surface area contributed by atoms with Crippen LogP contribution in [0.5, 0.6) is 11.5 Å². The average Bonchev–Trinajstić information content (AvgIpc) is 2.59. The molecule has 1 aromatic rings. The van der Waals surface area contributed by atoms with Gasteiger partial charge in [-0.05, 0) is 18.6 Å². The zero-order valence-corrected chi connectivity index (χ0v) is 13.4. The number of nitrogens with one attached hydrogen (secondary N) is 2. The lowest BCUT2D eigenvalue weighted by Gasteiger charge is -2.24. The van der Waals surface area contributed by atoms with Crippen LogP contribution in [0.4, 0.5) is 4.79 Å². The number of hydrogen-bond acceptors (Lipinski definition) is 6. The van der Waals surface area contributed by atoms with E-state index in [1.54, 1.807) is 24.3 Å². The molecular formula is C16H20N2O6. The van der Waals surface area contributed by atoms with Gasteiger partial charge in [0.05, 0.1) is 0 Å². The molecular weight excluding hydrogens is 316 g/mol. The SMILES string of the molecule is CCCCNC(=O)NC(=O)COC(=O)[C@H]1COc2ccccc2O1. The molecule has 0 aromatic heterocycles. The highest BCUT2D eigenvalue weighted by atomic mass is 16.6. The van der Waals surface area contributed by atoms with E-state index in [2.05, 4.69) is 10.6 Å². The van der Waals surface area contributed by atoms with Crippen molar-refractivity contribution in [3.63, 3.8) is 0 Å². The first-order chi connectivity index (χ1) is 11.6. The fourth-order valence-corrected chi connectivity index (χ4v) is 1.95. The number of amides is 3. The van der Waals surface area contributed by atoms with Crippen molar-refractivity contribution in [2.24, 2.45) is 0 Å². The van der Waals surface area contributed by atoms with Crippen LogP contribution >= 0.6 is 0 Å². The molecule has 0 spiro atoms. The predicted octanol–water partition coefficient (Wildman–Crippen LogP) is 0.996. The quantitative estimate of drug-likeness (QED) is 0.593. The van der Waals surface area contributed by atoms with Crippen molar-refractivity contribution >= 4 is 17.9 Å². The molecule has 0 fully saturated rings. The Kier molecular flexibility index (Phi) is 6.41. The van der Waals surface area contributed by atoms with Crippen LogP contribution < -0.4 is 20.1 Å². The zero-order valence-electron chi connectivity index (χ0n) is 13.4. The summed E-state index contributed by atoms with van der Waals surface area (Å²) in [5.74, 6) is -0.464. The van der Waals surface area contributed by atoms with Crippen molar-refractivity contribution in [1.82, 2.24) is 10.6 Å². The summed E-state index contributed by atoms with van der Waals surface area (Å²) in [6.07, 6.45) is 0.793. The van der Waals surface area contributed by atoms with E-state index < -0.39 is 30.6 Å². The van der Waals surface area contributed by atoms with E-state index in [0.29, 0.717) is 18.0 Å². The van der Waals surface area contributed by atoms with E-state index in [4.69, 9.17) is 14.2 Å². The number of fused-ring (bicyclic) bond motifs is 1. The number of imide groups is 1. The van der Waals surface area contributed by atoms with Gasteiger partial charge >= 0.3 is 12.0 Å². The number of rotatable bonds is 6. The second kappa shape index (κ2) is 8.76. The number of unbranched alkanes of at least 4 members (excludes halogenated alkanes) is 1. The third kappa shape index (κ3) is 5.15. The summed E-state index contributed by atoms with van der Waals surface area (Å²) in [6, 6.07) is 6.32. The third-order valence-electron chi connectivity index (χ3n) is 3.19. The largest absolute Gasteiger partial charge is 0.485 e. The maximum absolute atomic E-state index is 11.9. The van der Waals surface area contributed by atoms with Crippen LogP contribution in [0.1, 0.15) is 19.8 Å². The second-order valence-electron chi connectivity index (χ2n) is 5.13. The van der Waals surface area contributed by atoms with Gasteiger partial charge < -0.3 is 19.5 Å². The lowest BCUT2D eigenvalue weighted by molar-refractivity contribution is -0.157. The number of esters is 1. The van der Waals surface area contributed by atoms with E-state index >= 15 is 0 Å². The van der Waals surface area contributed by atoms with Crippen LogP contribution in [-0.2, 0) is 14.3 Å². The molecule has 130 valence electrons. The highest BCUT2D eigenvalue weighted by Gasteiger charge is 2.29. The van der Waals surface area contributed by atoms with Crippen LogP contribution in [0.15, 0.2) is 24.3 Å². The summed E-state index contributed by atoms with van der Waals surface area (Å²) >= 11 is 0. The van der Waals surface area contributed by atoms with Crippen LogP contribution in [0, 0.1) is 0 Å². The lowest BCUT2D eigenvalue weighted by Crippen LogP contribution is -2.43. The van der Waals surface area contributed by atoms with Crippen molar-refractivity contribution in [1.29, 1.82) is 0 Å². The van der Waals surface area contributed by atoms with E-state index in [9.17, 15) is 14.4 Å². The minimum atomic E-state index is -0.953. The molecule has 2 rings (SSSR count). The van der Waals surface area contributed by atoms with Crippen LogP contribution in [0.3, 0.4) is 0 Å². The number of urea groups is 1. The molecule has 0 saturated carbocycles. The monoisotopic (exact) mass is 336 g/mol. The average molecular weight is 336 g/mol. The highest BCUT2D eigenvalue weighted by Crippen LogP contribution is 2.30. The molecule has 0 saturated heterocycles. The fraction of sp³-hybridized carbons (Fsp3) is 0.438. The van der Waals surface area contributed by atoms with E-state index in [-0.39, 0.29) is 6.61 Å². The van der Waals surface area contributed by atoms with Crippen LogP contribution in [0.25, 0.3) is 0 Å². The summed E-state index contributed by atoms with van der Waals surface area (Å²) < 4.78 is 15.7. The minimum Gasteiger partial charge on any atom is -0.485 e. The van der Waals surface area contributed by atoms with Gasteiger partial charge in [0.2, 0.25) is 6.10 Å². The van der Waals surface area contributed by atoms with Crippen molar-refractivity contribution in [2.45, 2.75) is 25.9 Å². The molecule has 24 heavy (non-hydrogen) atoms. The first-order valence-corrected chi connectivity index (χ1v) is 7.73. The van der Waals surface area contributed by atoms with Crippen LogP contribution in [-0.4, -0.2) is 43.8 Å². The number of para-hydroxylation sites is 2. The third-order valence-corrected chi connectivity index (χ3v) is 3.19. The van der Waals surface area contributed by atoms with E-state index in [0.717, 1.165) is 12.8 Å². The van der Waals surface area contributed by atoms with Crippen molar-refractivity contribution in [2.75, 3.05) is 19.8 Å². The number of ether oxygens (including phenoxy) is 3. The Morgan fingerprint density at radius 3 is 2.75 bits per heavy atom. The molecule has 8 nitrogen and oxygen atoms in total. The molecule has 1 aliphatic rings. The number of carbonyl (C=O) groups excluding carboxylic acids is 3. The Hall–Kier alpha value is -2.77. The topological polar surface area (TPSA) is 103 Å². The Balaban J connectivity index is 1.71. The summed E-state index contributed by atoms with van der Waals surface area (Å²) in [4.78, 5) is 34.8. The predicted molar refractivity (Wildman–Crippen MR) is 83.8 cm³/mol. The van der Waals surface area contributed by atoms with Crippen molar-refractivity contribution in [3.8, 4) is 11.5 Å². The molecule has 0 radical (unpaired) electrons. The van der Waals surface area contributed by atoms with Gasteiger partial charge in [0.1, 0.15) is 6.61 Å². The Labute approximate surface area is 139 Å². The Morgan fingerprint density at radius 1 is 1.25 bits per heavy atom. The lowest BCUT2D eigenvalue weighted by atomic mass is 10.2. The minimum absolute atomic E-state index is 0.00499. The molecule has 1 aromatic carbocycles. The zero-order chi connectivity index (χ0) is 17.4. The summed E-state index contributed by atoms with van der Waals surface area (Å²) in [7, 11) is 0. The molecule has 1 atom stereocenters. The molecule has 0 bridgehead atoms. The summed E-state index contributed by atoms with van der Waals surface area (Å²) in [5, 5.41) is 4.59. The molecule has 1 aliphatic heterocycles. The Bertz CT molecular complexity index is 604. The molecule has 0 unspecified atom stereocenters. The van der Waals surface area contributed by atoms with Gasteiger partial charge in [-0.3, -0.25) is 10.1 Å². The van der Waals surface area contributed by atoms with Gasteiger partial charge in [0, 0.05) is 6.54 Å². The molecule has 8 heteroatoms.